The van der Waals surface area contributed by atoms with E-state index in [4.69, 9.17) is 0 Å². The van der Waals surface area contributed by atoms with Crippen LogP contribution in [0.25, 0.3) is 0 Å². The average Bonchev–Trinajstić information content (AvgIpc) is 2.63. The molecule has 0 amide bonds. The maximum absolute atomic E-state index is 12.4. The number of hydrogen-bond acceptors (Lipinski definition) is 6. The van der Waals surface area contributed by atoms with E-state index in [1.165, 1.54) is 18.6 Å². The summed E-state index contributed by atoms with van der Waals surface area (Å²) < 4.78 is 0. The lowest BCUT2D eigenvalue weighted by Gasteiger charge is -2.26. The van der Waals surface area contributed by atoms with E-state index in [1.807, 2.05) is 30.3 Å². The molecule has 1 aromatic heterocycles. The number of aliphatic hydroxyl groups excluding tert-OH is 1. The number of nitriles is 1. The van der Waals surface area contributed by atoms with Gasteiger partial charge in [-0.2, -0.15) is 5.26 Å². The third-order valence-electron chi connectivity index (χ3n) is 3.91. The molecule has 1 N–H and O–H groups in total. The second kappa shape index (κ2) is 6.84. The molecule has 24 heavy (non-hydrogen) atoms. The predicted molar refractivity (Wildman–Crippen MR) is 87.7 cm³/mol. The fraction of sp³-hybridized carbons (Fsp3) is 0.167. The zero-order valence-corrected chi connectivity index (χ0v) is 12.7. The van der Waals surface area contributed by atoms with Crippen LogP contribution in [0.2, 0.25) is 0 Å². The molecule has 6 heteroatoms. The van der Waals surface area contributed by atoms with Gasteiger partial charge >= 0.3 is 0 Å². The largest absolute Gasteiger partial charge is 0.510 e. The zero-order chi connectivity index (χ0) is 16.9. The minimum Gasteiger partial charge on any atom is -0.510 e. The van der Waals surface area contributed by atoms with Gasteiger partial charge in [-0.15, -0.1) is 0 Å². The minimum atomic E-state index is -0.789. The van der Waals surface area contributed by atoms with E-state index in [9.17, 15) is 15.2 Å². The van der Waals surface area contributed by atoms with E-state index in [0.717, 1.165) is 5.56 Å². The SMILES string of the molecule is N#C[C@@H]1C(O)=C(C=Nc2ncccn2)C(=O)C[C@@H]1c1ccccc1. The number of carbonyl (C=O) groups is 1. The van der Waals surface area contributed by atoms with E-state index in [0.29, 0.717) is 0 Å². The Morgan fingerprint density at radius 1 is 1.21 bits per heavy atom. The van der Waals surface area contributed by atoms with Gasteiger partial charge in [-0.3, -0.25) is 4.79 Å². The maximum Gasteiger partial charge on any atom is 0.249 e. The van der Waals surface area contributed by atoms with Crippen LogP contribution in [0, 0.1) is 17.2 Å². The van der Waals surface area contributed by atoms with Crippen molar-refractivity contribution in [2.24, 2.45) is 10.9 Å². The minimum absolute atomic E-state index is 0.0428. The highest BCUT2D eigenvalue weighted by atomic mass is 16.3. The highest BCUT2D eigenvalue weighted by Crippen LogP contribution is 2.37. The number of aliphatic hydroxyl groups is 1. The molecule has 1 heterocycles. The van der Waals surface area contributed by atoms with Gasteiger partial charge < -0.3 is 5.11 Å². The lowest BCUT2D eigenvalue weighted by Crippen LogP contribution is -2.27. The highest BCUT2D eigenvalue weighted by molar-refractivity contribution is 6.15. The fourth-order valence-corrected chi connectivity index (χ4v) is 2.71. The summed E-state index contributed by atoms with van der Waals surface area (Å²) in [6.07, 6.45) is 4.43. The highest BCUT2D eigenvalue weighted by Gasteiger charge is 2.36. The molecule has 118 valence electrons. The molecule has 0 aliphatic heterocycles. The number of aromatic nitrogens is 2. The lowest BCUT2D eigenvalue weighted by molar-refractivity contribution is -0.116. The molecule has 0 radical (unpaired) electrons. The molecule has 1 aliphatic carbocycles. The first-order valence-electron chi connectivity index (χ1n) is 7.42. The first kappa shape index (κ1) is 15.6. The van der Waals surface area contributed by atoms with Gasteiger partial charge in [-0.05, 0) is 11.6 Å². The van der Waals surface area contributed by atoms with Crippen molar-refractivity contribution in [3.8, 4) is 6.07 Å². The number of aliphatic imine (C=N–C) groups is 1. The Morgan fingerprint density at radius 3 is 2.58 bits per heavy atom. The summed E-state index contributed by atoms with van der Waals surface area (Å²) in [7, 11) is 0. The second-order valence-electron chi connectivity index (χ2n) is 5.36. The van der Waals surface area contributed by atoms with E-state index < -0.39 is 5.92 Å². The summed E-state index contributed by atoms with van der Waals surface area (Å²) in [5.74, 6) is -1.48. The van der Waals surface area contributed by atoms with E-state index >= 15 is 0 Å². The van der Waals surface area contributed by atoms with Crippen LogP contribution in [-0.2, 0) is 4.79 Å². The van der Waals surface area contributed by atoms with Crippen LogP contribution in [0.5, 0.6) is 0 Å². The van der Waals surface area contributed by atoms with E-state index in [1.54, 1.807) is 6.07 Å². The molecule has 0 fully saturated rings. The van der Waals surface area contributed by atoms with Crippen LogP contribution < -0.4 is 0 Å². The molecule has 0 unspecified atom stereocenters. The molecule has 1 aliphatic rings. The Morgan fingerprint density at radius 2 is 1.92 bits per heavy atom. The van der Waals surface area contributed by atoms with Crippen LogP contribution in [-0.4, -0.2) is 27.1 Å². The molecule has 1 aromatic carbocycles. The Labute approximate surface area is 138 Å². The summed E-state index contributed by atoms with van der Waals surface area (Å²) in [5.41, 5.74) is 0.896. The van der Waals surface area contributed by atoms with Crippen LogP contribution in [0.4, 0.5) is 5.95 Å². The number of benzene rings is 1. The molecule has 0 saturated carbocycles. The summed E-state index contributed by atoms with van der Waals surface area (Å²) in [6.45, 7) is 0. The van der Waals surface area contributed by atoms with Gasteiger partial charge in [0.1, 0.15) is 11.7 Å². The van der Waals surface area contributed by atoms with Crippen molar-refractivity contribution in [3.05, 3.63) is 65.7 Å². The number of hydrogen-bond donors (Lipinski definition) is 1. The molecule has 0 spiro atoms. The Balaban J connectivity index is 1.95. The predicted octanol–water partition coefficient (Wildman–Crippen LogP) is 2.89. The number of nitrogens with zero attached hydrogens (tertiary/aromatic N) is 4. The maximum atomic E-state index is 12.4. The Kier molecular flexibility index (Phi) is 4.43. The zero-order valence-electron chi connectivity index (χ0n) is 12.7. The molecular formula is C18H14N4O2. The van der Waals surface area contributed by atoms with Gasteiger partial charge in [0.15, 0.2) is 5.78 Å². The summed E-state index contributed by atoms with van der Waals surface area (Å²) >= 11 is 0. The first-order chi connectivity index (χ1) is 11.7. The Hall–Kier alpha value is -3.33. The van der Waals surface area contributed by atoms with Crippen molar-refractivity contribution in [1.29, 1.82) is 5.26 Å². The lowest BCUT2D eigenvalue weighted by atomic mass is 9.76. The molecular weight excluding hydrogens is 304 g/mol. The molecule has 3 rings (SSSR count). The van der Waals surface area contributed by atoms with Gasteiger partial charge in [0.05, 0.1) is 11.6 Å². The van der Waals surface area contributed by atoms with Crippen LogP contribution >= 0.6 is 0 Å². The fourth-order valence-electron chi connectivity index (χ4n) is 2.71. The quantitative estimate of drug-likeness (QED) is 0.877. The van der Waals surface area contributed by atoms with Gasteiger partial charge in [0, 0.05) is 30.9 Å². The number of carbonyl (C=O) groups excluding carboxylic acids is 1. The van der Waals surface area contributed by atoms with Crippen molar-refractivity contribution < 1.29 is 9.90 Å². The number of rotatable bonds is 3. The van der Waals surface area contributed by atoms with Gasteiger partial charge in [-0.1, -0.05) is 30.3 Å². The van der Waals surface area contributed by atoms with Crippen molar-refractivity contribution in [3.63, 3.8) is 0 Å². The number of allylic oxidation sites excluding steroid dienone is 2. The monoisotopic (exact) mass is 318 g/mol. The third kappa shape index (κ3) is 3.06. The van der Waals surface area contributed by atoms with Gasteiger partial charge in [0.2, 0.25) is 5.95 Å². The summed E-state index contributed by atoms with van der Waals surface area (Å²) in [4.78, 5) is 24.3. The molecule has 0 bridgehead atoms. The van der Waals surface area contributed by atoms with Crippen LogP contribution in [0.15, 0.2) is 65.1 Å². The van der Waals surface area contributed by atoms with Crippen LogP contribution in [0.1, 0.15) is 17.9 Å². The second-order valence-corrected chi connectivity index (χ2v) is 5.36. The van der Waals surface area contributed by atoms with Crippen molar-refractivity contribution in [2.75, 3.05) is 0 Å². The van der Waals surface area contributed by atoms with Gasteiger partial charge in [-0.25, -0.2) is 15.0 Å². The van der Waals surface area contributed by atoms with Crippen molar-refractivity contribution >= 4 is 17.9 Å². The normalized spacial score (nSPS) is 21.0. The molecule has 2 aromatic rings. The molecule has 2 atom stereocenters. The van der Waals surface area contributed by atoms with Gasteiger partial charge in [0.25, 0.3) is 0 Å². The topological polar surface area (TPSA) is 99.2 Å². The van der Waals surface area contributed by atoms with Crippen molar-refractivity contribution in [1.82, 2.24) is 9.97 Å². The standard InChI is InChI=1S/C18H14N4O2/c19-10-14-13(12-5-2-1-3-6-12)9-16(23)15(17(14)24)11-22-18-20-7-4-8-21-18/h1-8,11,13-14,24H,9H2/t13-,14+/m1/s1. The Bertz CT molecular complexity index is 838. The first-order valence-corrected chi connectivity index (χ1v) is 7.42. The molecule has 0 saturated heterocycles. The number of Topliss-reactive ketones (excluding diaryl/α,β-unsaturated/α-hetero) is 1. The summed E-state index contributed by atoms with van der Waals surface area (Å²) in [6, 6.07) is 13.0. The van der Waals surface area contributed by atoms with E-state index in [-0.39, 0.29) is 35.4 Å². The van der Waals surface area contributed by atoms with Crippen molar-refractivity contribution in [2.45, 2.75) is 12.3 Å². The smallest absolute Gasteiger partial charge is 0.249 e. The summed E-state index contributed by atoms with van der Waals surface area (Å²) in [5, 5.41) is 19.9. The van der Waals surface area contributed by atoms with E-state index in [2.05, 4.69) is 21.0 Å². The molecule has 6 nitrogen and oxygen atoms in total. The van der Waals surface area contributed by atoms with Crippen LogP contribution in [0.3, 0.4) is 0 Å². The third-order valence-corrected chi connectivity index (χ3v) is 3.91. The number of ketones is 1. The average molecular weight is 318 g/mol.